The van der Waals surface area contributed by atoms with Gasteiger partial charge in [0.15, 0.2) is 0 Å². The van der Waals surface area contributed by atoms with E-state index in [1.54, 1.807) is 0 Å². The lowest BCUT2D eigenvalue weighted by Crippen LogP contribution is -2.16. The minimum atomic E-state index is -0.951. The molecular formula is C24H23NO4. The first-order valence-electron chi connectivity index (χ1n) is 9.95. The monoisotopic (exact) mass is 389 g/mol. The van der Waals surface area contributed by atoms with E-state index in [2.05, 4.69) is 29.2 Å². The average molecular weight is 389 g/mol. The molecule has 1 fully saturated rings. The maximum atomic E-state index is 11.4. The molecule has 0 spiro atoms. The van der Waals surface area contributed by atoms with Gasteiger partial charge in [-0.3, -0.25) is 9.78 Å². The van der Waals surface area contributed by atoms with Crippen molar-refractivity contribution in [3.05, 3.63) is 65.9 Å². The molecule has 0 amide bonds. The third-order valence-corrected chi connectivity index (χ3v) is 6.00. The van der Waals surface area contributed by atoms with Gasteiger partial charge in [0.25, 0.3) is 0 Å². The first-order valence-corrected chi connectivity index (χ1v) is 9.95. The molecule has 2 N–H and O–H groups in total. The normalized spacial score (nSPS) is 19.2. The number of aromatic nitrogens is 1. The molecule has 0 bridgehead atoms. The smallest absolute Gasteiger partial charge is 0.336 e. The van der Waals surface area contributed by atoms with Crippen molar-refractivity contribution in [1.82, 2.24) is 4.98 Å². The number of hydrogen-bond acceptors (Lipinski definition) is 3. The first kappa shape index (κ1) is 19.1. The summed E-state index contributed by atoms with van der Waals surface area (Å²) in [6.07, 6.45) is 5.83. The fourth-order valence-corrected chi connectivity index (χ4v) is 4.41. The van der Waals surface area contributed by atoms with E-state index >= 15 is 0 Å². The van der Waals surface area contributed by atoms with Crippen molar-refractivity contribution in [2.24, 2.45) is 5.92 Å². The second kappa shape index (κ2) is 8.03. The number of nitrogens with zero attached hydrogens (tertiary/aromatic N) is 1. The molecule has 1 aromatic heterocycles. The third kappa shape index (κ3) is 4.14. The van der Waals surface area contributed by atoms with Gasteiger partial charge < -0.3 is 10.2 Å². The Morgan fingerprint density at radius 2 is 1.59 bits per heavy atom. The highest BCUT2D eigenvalue weighted by molar-refractivity contribution is 6.03. The molecule has 1 aliphatic rings. The fraction of sp³-hybridized carbons (Fsp3) is 0.292. The van der Waals surface area contributed by atoms with Crippen LogP contribution in [0.2, 0.25) is 0 Å². The number of carboxylic acid groups (broad SMARTS) is 2. The molecule has 0 radical (unpaired) electrons. The van der Waals surface area contributed by atoms with Crippen molar-refractivity contribution < 1.29 is 19.8 Å². The average Bonchev–Trinajstić information content (AvgIpc) is 2.73. The highest BCUT2D eigenvalue weighted by atomic mass is 16.4. The van der Waals surface area contributed by atoms with Gasteiger partial charge in [0, 0.05) is 18.0 Å². The van der Waals surface area contributed by atoms with Gasteiger partial charge in [0.05, 0.1) is 11.1 Å². The molecule has 4 rings (SSSR count). The van der Waals surface area contributed by atoms with Crippen LogP contribution in [0.1, 0.15) is 53.9 Å². The van der Waals surface area contributed by atoms with Crippen LogP contribution in [0.3, 0.4) is 0 Å². The van der Waals surface area contributed by atoms with Gasteiger partial charge in [-0.15, -0.1) is 0 Å². The molecule has 1 heterocycles. The predicted octanol–water partition coefficient (Wildman–Crippen LogP) is 5.35. The van der Waals surface area contributed by atoms with E-state index in [1.165, 1.54) is 17.8 Å². The molecule has 5 nitrogen and oxygen atoms in total. The Balaban J connectivity index is 1.51. The molecule has 2 aromatic carbocycles. The summed E-state index contributed by atoms with van der Waals surface area (Å²) in [4.78, 5) is 26.6. The van der Waals surface area contributed by atoms with Crippen molar-refractivity contribution in [2.75, 3.05) is 0 Å². The predicted molar refractivity (Wildman–Crippen MR) is 111 cm³/mol. The summed E-state index contributed by atoms with van der Waals surface area (Å²) in [6.45, 7) is 0. The number of aliphatic carboxylic acids is 1. The molecule has 0 atom stereocenters. The summed E-state index contributed by atoms with van der Waals surface area (Å²) in [6, 6.07) is 15.7. The number of aromatic carboxylic acids is 1. The van der Waals surface area contributed by atoms with Crippen molar-refractivity contribution >= 4 is 22.8 Å². The van der Waals surface area contributed by atoms with Crippen LogP contribution < -0.4 is 0 Å². The van der Waals surface area contributed by atoms with Gasteiger partial charge in [-0.05, 0) is 66.3 Å². The van der Waals surface area contributed by atoms with Gasteiger partial charge in [0.2, 0.25) is 0 Å². The van der Waals surface area contributed by atoms with Crippen LogP contribution in [-0.2, 0) is 4.79 Å². The van der Waals surface area contributed by atoms with E-state index in [0.717, 1.165) is 36.8 Å². The Labute approximate surface area is 169 Å². The van der Waals surface area contributed by atoms with Crippen LogP contribution in [0.25, 0.3) is 22.0 Å². The molecule has 5 heteroatoms. The fourth-order valence-electron chi connectivity index (χ4n) is 4.41. The van der Waals surface area contributed by atoms with Crippen LogP contribution >= 0.6 is 0 Å². The Kier molecular flexibility index (Phi) is 5.30. The summed E-state index contributed by atoms with van der Waals surface area (Å²) in [5, 5.41) is 18.9. The third-order valence-electron chi connectivity index (χ3n) is 6.00. The molecule has 29 heavy (non-hydrogen) atoms. The summed E-state index contributed by atoms with van der Waals surface area (Å²) in [7, 11) is 0. The summed E-state index contributed by atoms with van der Waals surface area (Å²) in [5.74, 6) is -0.847. The van der Waals surface area contributed by atoms with Crippen LogP contribution in [0.15, 0.2) is 54.7 Å². The minimum absolute atomic E-state index is 0.260. The second-order valence-electron chi connectivity index (χ2n) is 7.83. The highest BCUT2D eigenvalue weighted by Gasteiger charge is 2.24. The molecule has 3 aromatic rings. The zero-order chi connectivity index (χ0) is 20.4. The highest BCUT2D eigenvalue weighted by Crippen LogP contribution is 2.37. The van der Waals surface area contributed by atoms with E-state index in [-0.39, 0.29) is 12.0 Å². The maximum absolute atomic E-state index is 11.4. The number of pyridine rings is 1. The van der Waals surface area contributed by atoms with E-state index in [0.29, 0.717) is 22.7 Å². The minimum Gasteiger partial charge on any atom is -0.481 e. The number of fused-ring (bicyclic) bond motifs is 1. The molecule has 1 aliphatic carbocycles. The van der Waals surface area contributed by atoms with Crippen LogP contribution in [0, 0.1) is 5.92 Å². The van der Waals surface area contributed by atoms with Crippen molar-refractivity contribution in [2.45, 2.75) is 38.0 Å². The molecule has 148 valence electrons. The van der Waals surface area contributed by atoms with E-state index in [4.69, 9.17) is 5.11 Å². The zero-order valence-corrected chi connectivity index (χ0v) is 16.0. The Bertz CT molecular complexity index is 1050. The molecular weight excluding hydrogens is 366 g/mol. The van der Waals surface area contributed by atoms with E-state index < -0.39 is 11.9 Å². The van der Waals surface area contributed by atoms with Crippen molar-refractivity contribution in [3.8, 4) is 11.1 Å². The lowest BCUT2D eigenvalue weighted by Gasteiger charge is -2.28. The SMILES string of the molecule is O=C(O)CC1CCC(c2ccc(-c3ccc4c(C(=O)O)ccnc4c3)cc2)CC1. The topological polar surface area (TPSA) is 87.5 Å². The van der Waals surface area contributed by atoms with Crippen molar-refractivity contribution in [1.29, 1.82) is 0 Å². The quantitative estimate of drug-likeness (QED) is 0.614. The zero-order valence-electron chi connectivity index (χ0n) is 16.0. The van der Waals surface area contributed by atoms with Crippen LogP contribution in [-0.4, -0.2) is 27.1 Å². The summed E-state index contributed by atoms with van der Waals surface area (Å²) >= 11 is 0. The number of rotatable bonds is 5. The molecule has 1 saturated carbocycles. The number of carbonyl (C=O) groups is 2. The molecule has 0 aliphatic heterocycles. The molecule has 0 unspecified atom stereocenters. The number of hydrogen-bond donors (Lipinski definition) is 2. The Morgan fingerprint density at radius 1 is 0.897 bits per heavy atom. The molecule has 0 saturated heterocycles. The van der Waals surface area contributed by atoms with Crippen molar-refractivity contribution in [3.63, 3.8) is 0 Å². The second-order valence-corrected chi connectivity index (χ2v) is 7.83. The van der Waals surface area contributed by atoms with Crippen LogP contribution in [0.5, 0.6) is 0 Å². The Hall–Kier alpha value is -3.21. The largest absolute Gasteiger partial charge is 0.481 e. The standard InChI is InChI=1S/C24H23NO4/c26-23(27)13-15-1-3-16(4-2-15)17-5-7-18(8-6-17)19-9-10-20-21(24(28)29)11-12-25-22(20)14-19/h5-12,14-16H,1-4,13H2,(H,26,27)(H,28,29). The lowest BCUT2D eigenvalue weighted by atomic mass is 9.77. The number of benzene rings is 2. The summed E-state index contributed by atoms with van der Waals surface area (Å²) < 4.78 is 0. The first-order chi connectivity index (χ1) is 14.0. The van der Waals surface area contributed by atoms with E-state index in [9.17, 15) is 14.7 Å². The van der Waals surface area contributed by atoms with Gasteiger partial charge in [-0.25, -0.2) is 4.79 Å². The Morgan fingerprint density at radius 3 is 2.24 bits per heavy atom. The van der Waals surface area contributed by atoms with E-state index in [1.807, 2.05) is 18.2 Å². The van der Waals surface area contributed by atoms with Gasteiger partial charge >= 0.3 is 11.9 Å². The van der Waals surface area contributed by atoms with Gasteiger partial charge in [-0.2, -0.15) is 0 Å². The van der Waals surface area contributed by atoms with Crippen LogP contribution in [0.4, 0.5) is 0 Å². The van der Waals surface area contributed by atoms with Gasteiger partial charge in [-0.1, -0.05) is 36.4 Å². The van der Waals surface area contributed by atoms with Gasteiger partial charge in [0.1, 0.15) is 0 Å². The lowest BCUT2D eigenvalue weighted by molar-refractivity contribution is -0.138. The number of carboxylic acids is 2. The summed E-state index contributed by atoms with van der Waals surface area (Å²) in [5.41, 5.74) is 4.30. The maximum Gasteiger partial charge on any atom is 0.336 e.